The summed E-state index contributed by atoms with van der Waals surface area (Å²) in [6.45, 7) is 6.26. The zero-order valence-electron chi connectivity index (χ0n) is 14.4. The predicted octanol–water partition coefficient (Wildman–Crippen LogP) is 1.20. The number of carbonyl (C=O) groups excluding carboxylic acids is 3. The lowest BCUT2D eigenvalue weighted by Crippen LogP contribution is -2.38. The molecule has 6 heteroatoms. The van der Waals surface area contributed by atoms with Crippen LogP contribution >= 0.6 is 0 Å². The molecule has 130 valence electrons. The van der Waals surface area contributed by atoms with Gasteiger partial charge in [-0.25, -0.2) is 0 Å². The van der Waals surface area contributed by atoms with Crippen LogP contribution in [0.1, 0.15) is 35.7 Å². The number of amides is 3. The molecule has 6 nitrogen and oxygen atoms in total. The van der Waals surface area contributed by atoms with E-state index in [0.717, 1.165) is 12.0 Å². The Hall–Kier alpha value is -2.37. The van der Waals surface area contributed by atoms with Crippen LogP contribution in [0.2, 0.25) is 0 Å². The van der Waals surface area contributed by atoms with Crippen LogP contribution in [0, 0.1) is 6.92 Å². The molecule has 24 heavy (non-hydrogen) atoms. The van der Waals surface area contributed by atoms with Gasteiger partial charge in [0.1, 0.15) is 0 Å². The van der Waals surface area contributed by atoms with Crippen molar-refractivity contribution in [3.8, 4) is 0 Å². The summed E-state index contributed by atoms with van der Waals surface area (Å²) in [6, 6.07) is 7.38. The maximum absolute atomic E-state index is 12.3. The van der Waals surface area contributed by atoms with E-state index in [1.165, 1.54) is 0 Å². The summed E-state index contributed by atoms with van der Waals surface area (Å²) < 4.78 is 0. The van der Waals surface area contributed by atoms with Crippen LogP contribution in [0.3, 0.4) is 0 Å². The van der Waals surface area contributed by atoms with Gasteiger partial charge in [-0.3, -0.25) is 14.4 Å². The van der Waals surface area contributed by atoms with E-state index in [1.807, 2.05) is 25.1 Å². The number of hydrogen-bond donors (Lipinski definition) is 1. The highest BCUT2D eigenvalue weighted by atomic mass is 16.2. The second-order valence-electron chi connectivity index (χ2n) is 6.06. The van der Waals surface area contributed by atoms with Crippen LogP contribution in [-0.2, 0) is 9.59 Å². The van der Waals surface area contributed by atoms with Crippen molar-refractivity contribution in [3.05, 3.63) is 35.4 Å². The van der Waals surface area contributed by atoms with Gasteiger partial charge in [-0.05, 0) is 25.0 Å². The molecule has 0 aromatic heterocycles. The van der Waals surface area contributed by atoms with E-state index in [9.17, 15) is 14.4 Å². The lowest BCUT2D eigenvalue weighted by atomic mass is 10.1. The summed E-state index contributed by atoms with van der Waals surface area (Å²) in [7, 11) is 0. The van der Waals surface area contributed by atoms with Crippen molar-refractivity contribution < 1.29 is 14.4 Å². The van der Waals surface area contributed by atoms with Crippen molar-refractivity contribution in [1.82, 2.24) is 15.1 Å². The van der Waals surface area contributed by atoms with Crippen LogP contribution in [0.15, 0.2) is 24.3 Å². The number of carbonyl (C=O) groups is 3. The first kappa shape index (κ1) is 18.0. The van der Waals surface area contributed by atoms with E-state index in [-0.39, 0.29) is 24.1 Å². The summed E-state index contributed by atoms with van der Waals surface area (Å²) in [5.74, 6) is -0.0835. The Bertz CT molecular complexity index is 615. The van der Waals surface area contributed by atoms with Gasteiger partial charge in [0.05, 0.1) is 0 Å². The largest absolute Gasteiger partial charge is 0.352 e. The van der Waals surface area contributed by atoms with Crippen LogP contribution in [0.25, 0.3) is 0 Å². The quantitative estimate of drug-likeness (QED) is 0.901. The fourth-order valence-corrected chi connectivity index (χ4v) is 2.85. The van der Waals surface area contributed by atoms with Gasteiger partial charge >= 0.3 is 0 Å². The molecule has 1 aromatic rings. The molecule has 1 N–H and O–H groups in total. The minimum absolute atomic E-state index is 0.0190. The minimum atomic E-state index is -0.153. The monoisotopic (exact) mass is 331 g/mol. The van der Waals surface area contributed by atoms with Gasteiger partial charge in [0, 0.05) is 51.6 Å². The van der Waals surface area contributed by atoms with E-state index >= 15 is 0 Å². The van der Waals surface area contributed by atoms with Gasteiger partial charge in [0.25, 0.3) is 5.91 Å². The fraction of sp³-hybridized carbons (Fsp3) is 0.500. The van der Waals surface area contributed by atoms with Crippen molar-refractivity contribution in [2.24, 2.45) is 0 Å². The zero-order chi connectivity index (χ0) is 17.5. The molecule has 0 radical (unpaired) electrons. The lowest BCUT2D eigenvalue weighted by molar-refractivity contribution is -0.132. The average Bonchev–Trinajstić information content (AvgIpc) is 2.81. The Morgan fingerprint density at radius 1 is 1.04 bits per heavy atom. The first-order valence-electron chi connectivity index (χ1n) is 8.36. The summed E-state index contributed by atoms with van der Waals surface area (Å²) in [5, 5.41) is 2.80. The Balaban J connectivity index is 1.78. The molecule has 0 saturated carbocycles. The second kappa shape index (κ2) is 8.47. The summed E-state index contributed by atoms with van der Waals surface area (Å²) in [5.41, 5.74) is 1.55. The maximum atomic E-state index is 12.3. The highest BCUT2D eigenvalue weighted by Crippen LogP contribution is 2.07. The van der Waals surface area contributed by atoms with Crippen LogP contribution in [0.4, 0.5) is 0 Å². The molecule has 1 aromatic carbocycles. The summed E-state index contributed by atoms with van der Waals surface area (Å²) >= 11 is 0. The number of benzene rings is 1. The van der Waals surface area contributed by atoms with Crippen molar-refractivity contribution in [3.63, 3.8) is 0 Å². The third-order valence-corrected chi connectivity index (χ3v) is 4.31. The fourth-order valence-electron chi connectivity index (χ4n) is 2.85. The molecule has 3 amide bonds. The van der Waals surface area contributed by atoms with Crippen LogP contribution < -0.4 is 5.32 Å². The molecular formula is C18H25N3O3. The van der Waals surface area contributed by atoms with Gasteiger partial charge < -0.3 is 15.1 Å². The molecular weight excluding hydrogens is 306 g/mol. The van der Waals surface area contributed by atoms with Crippen LogP contribution in [-0.4, -0.2) is 60.2 Å². The smallest absolute Gasteiger partial charge is 0.251 e. The number of hydrogen-bond acceptors (Lipinski definition) is 3. The molecule has 0 atom stereocenters. The first-order chi connectivity index (χ1) is 11.5. The maximum Gasteiger partial charge on any atom is 0.251 e. The number of rotatable bonds is 4. The Morgan fingerprint density at radius 2 is 1.71 bits per heavy atom. The molecule has 1 heterocycles. The third-order valence-electron chi connectivity index (χ3n) is 4.31. The molecule has 1 aliphatic rings. The highest BCUT2D eigenvalue weighted by molar-refractivity contribution is 5.95. The SMILES string of the molecule is CC(=O)N1CCCN(C(=O)CCNC(=O)c2ccccc2C)CC1. The average molecular weight is 331 g/mol. The molecule has 1 saturated heterocycles. The molecule has 1 fully saturated rings. The van der Waals surface area contributed by atoms with Gasteiger partial charge in [-0.15, -0.1) is 0 Å². The minimum Gasteiger partial charge on any atom is -0.352 e. The van der Waals surface area contributed by atoms with Crippen LogP contribution in [0.5, 0.6) is 0 Å². The van der Waals surface area contributed by atoms with Crippen molar-refractivity contribution in [2.45, 2.75) is 26.7 Å². The van der Waals surface area contributed by atoms with Crippen molar-refractivity contribution in [1.29, 1.82) is 0 Å². The third kappa shape index (κ3) is 4.81. The summed E-state index contributed by atoms with van der Waals surface area (Å²) in [4.78, 5) is 39.4. The number of nitrogens with zero attached hydrogens (tertiary/aromatic N) is 2. The Labute approximate surface area is 142 Å². The van der Waals surface area contributed by atoms with E-state index in [2.05, 4.69) is 5.32 Å². The molecule has 0 unspecified atom stereocenters. The normalized spacial score (nSPS) is 14.9. The summed E-state index contributed by atoms with van der Waals surface area (Å²) in [6.07, 6.45) is 1.07. The molecule has 0 aliphatic carbocycles. The Kier molecular flexibility index (Phi) is 6.35. The Morgan fingerprint density at radius 3 is 2.42 bits per heavy atom. The highest BCUT2D eigenvalue weighted by Gasteiger charge is 2.20. The topological polar surface area (TPSA) is 69.7 Å². The van der Waals surface area contributed by atoms with E-state index in [1.54, 1.807) is 22.8 Å². The molecule has 0 bridgehead atoms. The molecule has 0 spiro atoms. The van der Waals surface area contributed by atoms with Gasteiger partial charge in [0.2, 0.25) is 11.8 Å². The van der Waals surface area contributed by atoms with Crippen molar-refractivity contribution >= 4 is 17.7 Å². The first-order valence-corrected chi connectivity index (χ1v) is 8.36. The molecule has 1 aliphatic heterocycles. The lowest BCUT2D eigenvalue weighted by Gasteiger charge is -2.21. The van der Waals surface area contributed by atoms with Gasteiger partial charge in [-0.2, -0.15) is 0 Å². The van der Waals surface area contributed by atoms with Gasteiger partial charge in [-0.1, -0.05) is 18.2 Å². The van der Waals surface area contributed by atoms with Crippen molar-refractivity contribution in [2.75, 3.05) is 32.7 Å². The van der Waals surface area contributed by atoms with E-state index in [0.29, 0.717) is 38.3 Å². The number of nitrogens with one attached hydrogen (secondary N) is 1. The standard InChI is InChI=1S/C18H25N3O3/c1-14-6-3-4-7-16(14)18(24)19-9-8-17(23)21-11-5-10-20(12-13-21)15(2)22/h3-4,6-7H,5,8-13H2,1-2H3,(H,19,24). The second-order valence-corrected chi connectivity index (χ2v) is 6.06. The number of aryl methyl sites for hydroxylation is 1. The van der Waals surface area contributed by atoms with E-state index < -0.39 is 0 Å². The predicted molar refractivity (Wildman–Crippen MR) is 91.6 cm³/mol. The molecule has 2 rings (SSSR count). The van der Waals surface area contributed by atoms with Gasteiger partial charge in [0.15, 0.2) is 0 Å². The zero-order valence-corrected chi connectivity index (χ0v) is 14.4. The van der Waals surface area contributed by atoms with E-state index in [4.69, 9.17) is 0 Å².